The number of aromatic nitrogens is 5. The molecule has 1 aromatic carbocycles. The topological polar surface area (TPSA) is 121 Å². The van der Waals surface area contributed by atoms with Gasteiger partial charge in [0.1, 0.15) is 6.10 Å². The number of nitrogens with zero attached hydrogens (tertiary/aromatic N) is 5. The standard InChI is InChI=1S/C23H31N7O2S/c1-3-9-33-23-26-21(25-16-11-15(16)13-7-5-4-6-8-13)18-22(27-23)30(29-28-18)17-10-14(12-24-2)19(31)20(17)32/h4-8,14-17,19-20,24,31-32H,3,9-12H2,1-2H3,(H,25,26,27)/t14-,15?,16?,17-,19-,20+/m1/s1. The fraction of sp³-hybridized carbons (Fsp3) is 0.565. The van der Waals surface area contributed by atoms with Crippen LogP contribution in [-0.4, -0.2) is 72.8 Å². The quantitative estimate of drug-likeness (QED) is 0.276. The normalized spacial score (nSPS) is 29.0. The molecule has 9 nitrogen and oxygen atoms in total. The van der Waals surface area contributed by atoms with Gasteiger partial charge in [0.05, 0.1) is 12.1 Å². The molecule has 176 valence electrons. The van der Waals surface area contributed by atoms with Crippen LogP contribution < -0.4 is 10.6 Å². The lowest BCUT2D eigenvalue weighted by atomic mass is 10.1. The minimum Gasteiger partial charge on any atom is -0.390 e. The molecule has 0 bridgehead atoms. The Balaban J connectivity index is 1.45. The van der Waals surface area contributed by atoms with Crippen molar-refractivity contribution >= 4 is 28.7 Å². The fourth-order valence-electron chi connectivity index (χ4n) is 4.80. The second kappa shape index (κ2) is 9.54. The summed E-state index contributed by atoms with van der Waals surface area (Å²) in [6.45, 7) is 2.76. The van der Waals surface area contributed by atoms with Gasteiger partial charge in [-0.15, -0.1) is 5.10 Å². The van der Waals surface area contributed by atoms with Gasteiger partial charge in [-0.2, -0.15) is 0 Å². The molecule has 2 heterocycles. The highest BCUT2D eigenvalue weighted by Gasteiger charge is 2.44. The third-order valence-electron chi connectivity index (χ3n) is 6.63. The van der Waals surface area contributed by atoms with Gasteiger partial charge >= 0.3 is 0 Å². The van der Waals surface area contributed by atoms with Gasteiger partial charge in [0, 0.05) is 30.2 Å². The van der Waals surface area contributed by atoms with Crippen LogP contribution in [-0.2, 0) is 0 Å². The number of thioether (sulfide) groups is 1. The van der Waals surface area contributed by atoms with Crippen LogP contribution >= 0.6 is 11.8 Å². The summed E-state index contributed by atoms with van der Waals surface area (Å²) in [6, 6.07) is 10.4. The zero-order valence-electron chi connectivity index (χ0n) is 18.9. The smallest absolute Gasteiger partial charge is 0.191 e. The Bertz CT molecular complexity index is 1100. The molecule has 33 heavy (non-hydrogen) atoms. The second-order valence-corrected chi connectivity index (χ2v) is 10.1. The number of rotatable bonds is 9. The number of nitrogens with one attached hydrogen (secondary N) is 2. The Hall–Kier alpha value is -2.27. The summed E-state index contributed by atoms with van der Waals surface area (Å²) in [5, 5.41) is 37.4. The molecule has 0 amide bonds. The van der Waals surface area contributed by atoms with Crippen molar-refractivity contribution in [1.82, 2.24) is 30.3 Å². The van der Waals surface area contributed by atoms with Gasteiger partial charge in [-0.05, 0) is 31.9 Å². The molecule has 0 saturated heterocycles. The average molecular weight is 470 g/mol. The average Bonchev–Trinajstić information content (AvgIpc) is 3.39. The maximum Gasteiger partial charge on any atom is 0.191 e. The van der Waals surface area contributed by atoms with Crippen LogP contribution in [0.4, 0.5) is 5.82 Å². The number of benzene rings is 1. The molecule has 2 aliphatic carbocycles. The first-order chi connectivity index (χ1) is 16.1. The molecule has 3 aromatic rings. The molecule has 2 aliphatic rings. The molecule has 0 spiro atoms. The first kappa shape index (κ1) is 22.5. The summed E-state index contributed by atoms with van der Waals surface area (Å²) < 4.78 is 1.68. The number of hydrogen-bond acceptors (Lipinski definition) is 9. The molecule has 2 unspecified atom stereocenters. The number of aliphatic hydroxyl groups excluding tert-OH is 2. The van der Waals surface area contributed by atoms with Crippen LogP contribution in [0.1, 0.15) is 43.7 Å². The molecular weight excluding hydrogens is 438 g/mol. The minimum absolute atomic E-state index is 0.0549. The largest absolute Gasteiger partial charge is 0.390 e. The van der Waals surface area contributed by atoms with E-state index in [1.807, 2.05) is 13.1 Å². The van der Waals surface area contributed by atoms with Crippen molar-refractivity contribution < 1.29 is 10.2 Å². The third kappa shape index (κ3) is 4.44. The Kier molecular flexibility index (Phi) is 6.51. The molecule has 10 heteroatoms. The van der Waals surface area contributed by atoms with Crippen molar-refractivity contribution in [3.05, 3.63) is 35.9 Å². The van der Waals surface area contributed by atoms with Gasteiger partial charge in [0.15, 0.2) is 22.1 Å². The summed E-state index contributed by atoms with van der Waals surface area (Å²) in [5.41, 5.74) is 2.53. The van der Waals surface area contributed by atoms with E-state index in [0.717, 1.165) is 18.6 Å². The highest BCUT2D eigenvalue weighted by Crippen LogP contribution is 2.43. The van der Waals surface area contributed by atoms with E-state index in [4.69, 9.17) is 9.97 Å². The highest BCUT2D eigenvalue weighted by atomic mass is 32.2. The highest BCUT2D eigenvalue weighted by molar-refractivity contribution is 7.99. The number of anilines is 1. The predicted molar refractivity (Wildman–Crippen MR) is 128 cm³/mol. The van der Waals surface area contributed by atoms with Crippen molar-refractivity contribution in [2.24, 2.45) is 5.92 Å². The molecular formula is C23H31N7O2S. The summed E-state index contributed by atoms with van der Waals surface area (Å²) >= 11 is 1.61. The minimum atomic E-state index is -0.919. The first-order valence-corrected chi connectivity index (χ1v) is 12.7. The van der Waals surface area contributed by atoms with Gasteiger partial charge < -0.3 is 20.8 Å². The van der Waals surface area contributed by atoms with Crippen LogP contribution in [0.15, 0.2) is 35.5 Å². The molecule has 2 saturated carbocycles. The second-order valence-electron chi connectivity index (χ2n) is 9.02. The SMILES string of the molecule is CCCSc1nc(NC2CC2c2ccccc2)c2nnn([C@@H]3C[C@H](CNC)[C@@H](O)[C@H]3O)c2n1. The molecule has 2 aromatic heterocycles. The lowest BCUT2D eigenvalue weighted by molar-refractivity contribution is 0.00526. The van der Waals surface area contributed by atoms with E-state index in [9.17, 15) is 10.2 Å². The molecule has 2 fully saturated rings. The molecule has 4 N–H and O–H groups in total. The maximum absolute atomic E-state index is 10.8. The third-order valence-corrected chi connectivity index (χ3v) is 7.68. The molecule has 5 rings (SSSR count). The Labute approximate surface area is 197 Å². The predicted octanol–water partition coefficient (Wildman–Crippen LogP) is 2.19. The fourth-order valence-corrected chi connectivity index (χ4v) is 5.49. The van der Waals surface area contributed by atoms with E-state index in [0.29, 0.717) is 47.1 Å². The van der Waals surface area contributed by atoms with E-state index in [2.05, 4.69) is 52.1 Å². The zero-order valence-corrected chi connectivity index (χ0v) is 19.7. The van der Waals surface area contributed by atoms with Gasteiger partial charge in [0.25, 0.3) is 0 Å². The molecule has 0 radical (unpaired) electrons. The van der Waals surface area contributed by atoms with Crippen molar-refractivity contribution in [2.45, 2.75) is 61.6 Å². The van der Waals surface area contributed by atoms with E-state index in [-0.39, 0.29) is 12.0 Å². The van der Waals surface area contributed by atoms with Crippen molar-refractivity contribution in [3.8, 4) is 0 Å². The van der Waals surface area contributed by atoms with Gasteiger partial charge in [-0.1, -0.05) is 54.2 Å². The zero-order chi connectivity index (χ0) is 22.9. The summed E-state index contributed by atoms with van der Waals surface area (Å²) in [4.78, 5) is 9.52. The van der Waals surface area contributed by atoms with Crippen LogP contribution in [0.3, 0.4) is 0 Å². The van der Waals surface area contributed by atoms with Gasteiger partial charge in [0.2, 0.25) is 0 Å². The lowest BCUT2D eigenvalue weighted by Gasteiger charge is -2.17. The maximum atomic E-state index is 10.8. The summed E-state index contributed by atoms with van der Waals surface area (Å²) in [5.74, 6) is 2.00. The summed E-state index contributed by atoms with van der Waals surface area (Å²) in [6.07, 6.45) is 0.931. The van der Waals surface area contributed by atoms with Gasteiger partial charge in [-0.25, -0.2) is 14.6 Å². The monoisotopic (exact) mass is 469 g/mol. The van der Waals surface area contributed by atoms with E-state index >= 15 is 0 Å². The molecule has 6 atom stereocenters. The molecule has 0 aliphatic heterocycles. The Morgan fingerprint density at radius 3 is 2.70 bits per heavy atom. The van der Waals surface area contributed by atoms with E-state index in [1.54, 1.807) is 16.4 Å². The first-order valence-electron chi connectivity index (χ1n) is 11.7. The number of aliphatic hydroxyl groups is 2. The lowest BCUT2D eigenvalue weighted by Crippen LogP contribution is -2.33. The summed E-state index contributed by atoms with van der Waals surface area (Å²) in [7, 11) is 1.85. The van der Waals surface area contributed by atoms with Crippen LogP contribution in [0.25, 0.3) is 11.2 Å². The van der Waals surface area contributed by atoms with Crippen molar-refractivity contribution in [2.75, 3.05) is 24.7 Å². The Morgan fingerprint density at radius 2 is 1.94 bits per heavy atom. The van der Waals surface area contributed by atoms with E-state index in [1.165, 1.54) is 5.56 Å². The van der Waals surface area contributed by atoms with Crippen LogP contribution in [0.5, 0.6) is 0 Å². The van der Waals surface area contributed by atoms with Crippen LogP contribution in [0.2, 0.25) is 0 Å². The van der Waals surface area contributed by atoms with Crippen LogP contribution in [0, 0.1) is 5.92 Å². The van der Waals surface area contributed by atoms with Gasteiger partial charge in [-0.3, -0.25) is 0 Å². The van der Waals surface area contributed by atoms with E-state index < -0.39 is 12.2 Å². The number of fused-ring (bicyclic) bond motifs is 1. The number of hydrogen-bond donors (Lipinski definition) is 4. The van der Waals surface area contributed by atoms with Crippen molar-refractivity contribution in [3.63, 3.8) is 0 Å². The Morgan fingerprint density at radius 1 is 1.12 bits per heavy atom. The van der Waals surface area contributed by atoms with Crippen molar-refractivity contribution in [1.29, 1.82) is 0 Å².